The third-order valence-corrected chi connectivity index (χ3v) is 4.68. The van der Waals surface area contributed by atoms with Gasteiger partial charge in [0, 0.05) is 31.6 Å². The van der Waals surface area contributed by atoms with E-state index in [9.17, 15) is 0 Å². The first-order chi connectivity index (χ1) is 9.22. The minimum absolute atomic E-state index is 0.187. The Morgan fingerprint density at radius 2 is 2.16 bits per heavy atom. The van der Waals surface area contributed by atoms with E-state index in [2.05, 4.69) is 42.2 Å². The maximum Gasteiger partial charge on any atom is 0.0672 e. The van der Waals surface area contributed by atoms with Gasteiger partial charge in [0.15, 0.2) is 0 Å². The lowest BCUT2D eigenvalue weighted by Crippen LogP contribution is -2.52. The van der Waals surface area contributed by atoms with Crippen LogP contribution in [0.15, 0.2) is 30.3 Å². The summed E-state index contributed by atoms with van der Waals surface area (Å²) in [6.07, 6.45) is 2.97. The summed E-state index contributed by atoms with van der Waals surface area (Å²) in [5.74, 6) is 0. The first-order valence-electron chi connectivity index (χ1n) is 7.34. The highest BCUT2D eigenvalue weighted by molar-refractivity contribution is 5.15. The van der Waals surface area contributed by atoms with Gasteiger partial charge in [0.05, 0.1) is 12.2 Å². The second-order valence-electron chi connectivity index (χ2n) is 6.19. The highest BCUT2D eigenvalue weighted by Crippen LogP contribution is 2.43. The minimum Gasteiger partial charge on any atom is -0.375 e. The van der Waals surface area contributed by atoms with E-state index in [0.29, 0.717) is 12.2 Å². The molecule has 2 aliphatic heterocycles. The maximum absolute atomic E-state index is 6.09. The Balaban J connectivity index is 1.70. The van der Waals surface area contributed by atoms with Gasteiger partial charge in [-0.2, -0.15) is 0 Å². The third-order valence-electron chi connectivity index (χ3n) is 4.68. The molecule has 2 saturated heterocycles. The number of likely N-dealkylation sites (tertiary alicyclic amines) is 1. The Morgan fingerprint density at radius 1 is 1.37 bits per heavy atom. The molecule has 104 valence electrons. The summed E-state index contributed by atoms with van der Waals surface area (Å²) in [5.41, 5.74) is 7.67. The molecule has 2 N–H and O–H groups in total. The molecule has 2 fully saturated rings. The van der Waals surface area contributed by atoms with Gasteiger partial charge in [-0.1, -0.05) is 30.3 Å². The molecule has 0 saturated carbocycles. The second-order valence-corrected chi connectivity index (χ2v) is 6.19. The molecular formula is C16H24N2O. The Hall–Kier alpha value is -0.900. The van der Waals surface area contributed by atoms with Gasteiger partial charge < -0.3 is 10.5 Å². The zero-order valence-electron chi connectivity index (χ0n) is 11.7. The van der Waals surface area contributed by atoms with Gasteiger partial charge in [0.1, 0.15) is 0 Å². The van der Waals surface area contributed by atoms with Crippen LogP contribution in [0.25, 0.3) is 0 Å². The van der Waals surface area contributed by atoms with Crippen molar-refractivity contribution in [1.29, 1.82) is 0 Å². The summed E-state index contributed by atoms with van der Waals surface area (Å²) < 4.78 is 6.05. The molecule has 19 heavy (non-hydrogen) atoms. The molecule has 3 rings (SSSR count). The summed E-state index contributed by atoms with van der Waals surface area (Å²) >= 11 is 0. The lowest BCUT2D eigenvalue weighted by molar-refractivity contribution is -0.0310. The molecule has 3 atom stereocenters. The van der Waals surface area contributed by atoms with Crippen molar-refractivity contribution in [3.05, 3.63) is 35.9 Å². The molecule has 0 amide bonds. The average Bonchev–Trinajstić information content (AvgIpc) is 2.76. The lowest BCUT2D eigenvalue weighted by atomic mass is 9.75. The molecule has 2 heterocycles. The summed E-state index contributed by atoms with van der Waals surface area (Å²) in [4.78, 5) is 2.54. The van der Waals surface area contributed by atoms with E-state index in [-0.39, 0.29) is 5.41 Å². The molecule has 0 aliphatic carbocycles. The summed E-state index contributed by atoms with van der Waals surface area (Å²) in [7, 11) is 0. The Labute approximate surface area is 115 Å². The van der Waals surface area contributed by atoms with Crippen LogP contribution in [0.4, 0.5) is 0 Å². The fourth-order valence-corrected chi connectivity index (χ4v) is 3.80. The van der Waals surface area contributed by atoms with Crippen molar-refractivity contribution in [1.82, 2.24) is 4.90 Å². The van der Waals surface area contributed by atoms with Crippen LogP contribution in [0.5, 0.6) is 0 Å². The lowest BCUT2D eigenvalue weighted by Gasteiger charge is -2.43. The smallest absolute Gasteiger partial charge is 0.0672 e. The van der Waals surface area contributed by atoms with E-state index in [0.717, 1.165) is 39.0 Å². The highest BCUT2D eigenvalue weighted by atomic mass is 16.5. The minimum atomic E-state index is 0.187. The van der Waals surface area contributed by atoms with E-state index in [1.807, 2.05) is 0 Å². The quantitative estimate of drug-likeness (QED) is 0.903. The van der Waals surface area contributed by atoms with Crippen molar-refractivity contribution < 1.29 is 4.74 Å². The predicted octanol–water partition coefficient (Wildman–Crippen LogP) is 2.01. The SMILES string of the molecule is C[C@@H]1C[C@@]2(CN)CN(Cc3ccccc3)CC[C@@H]2O1. The number of nitrogens with zero attached hydrogens (tertiary/aromatic N) is 1. The Kier molecular flexibility index (Phi) is 3.61. The Morgan fingerprint density at radius 3 is 2.89 bits per heavy atom. The number of ether oxygens (including phenoxy) is 1. The van der Waals surface area contributed by atoms with Crippen LogP contribution < -0.4 is 5.73 Å². The van der Waals surface area contributed by atoms with Crippen molar-refractivity contribution in [2.45, 2.75) is 38.5 Å². The first kappa shape index (κ1) is 13.1. The molecule has 3 nitrogen and oxygen atoms in total. The molecule has 0 unspecified atom stereocenters. The van der Waals surface area contributed by atoms with Crippen molar-refractivity contribution in [3.8, 4) is 0 Å². The fraction of sp³-hybridized carbons (Fsp3) is 0.625. The summed E-state index contributed by atoms with van der Waals surface area (Å²) in [6.45, 7) is 6.15. The van der Waals surface area contributed by atoms with Crippen molar-refractivity contribution in [3.63, 3.8) is 0 Å². The topological polar surface area (TPSA) is 38.5 Å². The highest BCUT2D eigenvalue weighted by Gasteiger charge is 2.49. The molecule has 1 aromatic carbocycles. The van der Waals surface area contributed by atoms with E-state index in [1.54, 1.807) is 0 Å². The van der Waals surface area contributed by atoms with Crippen LogP contribution in [-0.2, 0) is 11.3 Å². The average molecular weight is 260 g/mol. The fourth-order valence-electron chi connectivity index (χ4n) is 3.80. The van der Waals surface area contributed by atoms with Crippen molar-refractivity contribution >= 4 is 0 Å². The number of hydrogen-bond acceptors (Lipinski definition) is 3. The van der Waals surface area contributed by atoms with Crippen LogP contribution in [-0.4, -0.2) is 36.7 Å². The molecular weight excluding hydrogens is 236 g/mol. The summed E-state index contributed by atoms with van der Waals surface area (Å²) in [6, 6.07) is 10.7. The molecule has 1 aromatic rings. The van der Waals surface area contributed by atoms with Gasteiger partial charge in [-0.05, 0) is 25.3 Å². The van der Waals surface area contributed by atoms with E-state index in [4.69, 9.17) is 10.5 Å². The predicted molar refractivity (Wildman–Crippen MR) is 76.8 cm³/mol. The molecule has 0 aromatic heterocycles. The zero-order chi connectivity index (χ0) is 13.3. The van der Waals surface area contributed by atoms with Crippen LogP contribution in [0.2, 0.25) is 0 Å². The number of rotatable bonds is 3. The molecule has 0 bridgehead atoms. The monoisotopic (exact) mass is 260 g/mol. The summed E-state index contributed by atoms with van der Waals surface area (Å²) in [5, 5.41) is 0. The standard InChI is InChI=1S/C16H24N2O/c1-13-9-16(11-17)12-18(8-7-15(16)19-13)10-14-5-3-2-4-6-14/h2-6,13,15H,7-12,17H2,1H3/t13-,15+,16-/m1/s1. The largest absolute Gasteiger partial charge is 0.375 e. The van der Waals surface area contributed by atoms with Gasteiger partial charge in [-0.25, -0.2) is 0 Å². The number of nitrogens with two attached hydrogens (primary N) is 1. The van der Waals surface area contributed by atoms with E-state index >= 15 is 0 Å². The van der Waals surface area contributed by atoms with Crippen LogP contribution in [0, 0.1) is 5.41 Å². The van der Waals surface area contributed by atoms with Gasteiger partial charge in [-0.15, -0.1) is 0 Å². The number of benzene rings is 1. The molecule has 3 heteroatoms. The van der Waals surface area contributed by atoms with E-state index < -0.39 is 0 Å². The van der Waals surface area contributed by atoms with Gasteiger partial charge >= 0.3 is 0 Å². The number of fused-ring (bicyclic) bond motifs is 1. The van der Waals surface area contributed by atoms with Gasteiger partial charge in [-0.3, -0.25) is 4.90 Å². The second kappa shape index (κ2) is 5.23. The van der Waals surface area contributed by atoms with Crippen molar-refractivity contribution in [2.24, 2.45) is 11.1 Å². The normalized spacial score (nSPS) is 35.3. The van der Waals surface area contributed by atoms with E-state index in [1.165, 1.54) is 5.56 Å². The van der Waals surface area contributed by atoms with Gasteiger partial charge in [0.25, 0.3) is 0 Å². The zero-order valence-corrected chi connectivity index (χ0v) is 11.7. The molecule has 0 radical (unpaired) electrons. The number of hydrogen-bond donors (Lipinski definition) is 1. The van der Waals surface area contributed by atoms with Crippen molar-refractivity contribution in [2.75, 3.05) is 19.6 Å². The van der Waals surface area contributed by atoms with Crippen LogP contribution in [0.1, 0.15) is 25.3 Å². The number of piperidine rings is 1. The Bertz CT molecular complexity index is 422. The maximum atomic E-state index is 6.09. The van der Waals surface area contributed by atoms with Gasteiger partial charge in [0.2, 0.25) is 0 Å². The molecule has 0 spiro atoms. The first-order valence-corrected chi connectivity index (χ1v) is 7.34. The molecule has 2 aliphatic rings. The van der Waals surface area contributed by atoms with Crippen LogP contribution >= 0.6 is 0 Å². The van der Waals surface area contributed by atoms with Crippen LogP contribution in [0.3, 0.4) is 0 Å². The third kappa shape index (κ3) is 2.55.